The highest BCUT2D eigenvalue weighted by atomic mass is 16.6. The van der Waals surface area contributed by atoms with Crippen LogP contribution in [0.2, 0.25) is 0 Å². The molecule has 3 rings (SSSR count). The van der Waals surface area contributed by atoms with Gasteiger partial charge in [0.05, 0.1) is 17.4 Å². The molecule has 0 aliphatic carbocycles. The van der Waals surface area contributed by atoms with Crippen molar-refractivity contribution in [3.05, 3.63) is 54.4 Å². The van der Waals surface area contributed by atoms with Crippen LogP contribution >= 0.6 is 0 Å². The van der Waals surface area contributed by atoms with Gasteiger partial charge in [-0.3, -0.25) is 5.32 Å². The molecule has 0 saturated carbocycles. The maximum absolute atomic E-state index is 12.0. The van der Waals surface area contributed by atoms with Gasteiger partial charge in [-0.2, -0.15) is 0 Å². The molecule has 0 saturated heterocycles. The van der Waals surface area contributed by atoms with Gasteiger partial charge in [0.2, 0.25) is 0 Å². The van der Waals surface area contributed by atoms with Gasteiger partial charge in [-0.25, -0.2) is 9.78 Å². The molecule has 0 radical (unpaired) electrons. The van der Waals surface area contributed by atoms with Crippen molar-refractivity contribution >= 4 is 22.8 Å². The zero-order valence-corrected chi connectivity index (χ0v) is 14.3. The molecule has 5 heteroatoms. The predicted molar refractivity (Wildman–Crippen MR) is 95.5 cm³/mol. The Hall–Kier alpha value is -2.82. The number of aryl methyl sites for hydroxylation is 1. The Morgan fingerprint density at radius 1 is 1.12 bits per heavy atom. The quantitative estimate of drug-likeness (QED) is 0.756. The molecule has 0 aliphatic heterocycles. The first-order chi connectivity index (χ1) is 11.3. The van der Waals surface area contributed by atoms with Crippen molar-refractivity contribution in [1.29, 1.82) is 0 Å². The van der Waals surface area contributed by atoms with Gasteiger partial charge in [-0.05, 0) is 35.2 Å². The van der Waals surface area contributed by atoms with E-state index in [4.69, 9.17) is 4.74 Å². The van der Waals surface area contributed by atoms with Gasteiger partial charge in [-0.1, -0.05) is 32.9 Å². The minimum absolute atomic E-state index is 0.0805. The lowest BCUT2D eigenvalue weighted by atomic mass is 9.87. The van der Waals surface area contributed by atoms with Crippen molar-refractivity contribution < 1.29 is 9.53 Å². The van der Waals surface area contributed by atoms with Gasteiger partial charge in [0.1, 0.15) is 5.75 Å². The number of imidazole rings is 1. The zero-order chi connectivity index (χ0) is 17.3. The lowest BCUT2D eigenvalue weighted by molar-refractivity contribution is 0.215. The maximum atomic E-state index is 12.0. The van der Waals surface area contributed by atoms with Gasteiger partial charge < -0.3 is 9.30 Å². The van der Waals surface area contributed by atoms with Crippen LogP contribution in [-0.2, 0) is 12.5 Å². The Balaban J connectivity index is 1.68. The molecule has 1 heterocycles. The predicted octanol–water partition coefficient (Wildman–Crippen LogP) is 4.48. The molecule has 3 aromatic rings. The molecule has 0 fully saturated rings. The van der Waals surface area contributed by atoms with Crippen LogP contribution in [0.25, 0.3) is 11.0 Å². The largest absolute Gasteiger partial charge is 0.417 e. The third-order valence-corrected chi connectivity index (χ3v) is 3.90. The second-order valence-electron chi connectivity index (χ2n) is 6.85. The third kappa shape index (κ3) is 3.40. The number of anilines is 1. The van der Waals surface area contributed by atoms with E-state index in [-0.39, 0.29) is 5.41 Å². The lowest BCUT2D eigenvalue weighted by Crippen LogP contribution is -2.17. The smallest absolute Gasteiger partial charge is 0.410 e. The molecule has 1 aromatic heterocycles. The number of carbonyl (C=O) groups excluding carboxylic acids is 1. The molecule has 1 amide bonds. The molecule has 24 heavy (non-hydrogen) atoms. The summed E-state index contributed by atoms with van der Waals surface area (Å²) in [4.78, 5) is 16.3. The molecule has 124 valence electrons. The fraction of sp³-hybridized carbons (Fsp3) is 0.263. The molecule has 2 aromatic carbocycles. The highest BCUT2D eigenvalue weighted by Gasteiger charge is 2.13. The number of rotatable bonds is 2. The fourth-order valence-corrected chi connectivity index (χ4v) is 2.48. The van der Waals surface area contributed by atoms with E-state index in [1.165, 1.54) is 5.56 Å². The number of nitrogens with one attached hydrogen (secondary N) is 1. The van der Waals surface area contributed by atoms with Crippen molar-refractivity contribution in [3.8, 4) is 5.75 Å². The summed E-state index contributed by atoms with van der Waals surface area (Å²) in [7, 11) is 1.92. The van der Waals surface area contributed by atoms with E-state index in [0.29, 0.717) is 11.4 Å². The Labute approximate surface area is 141 Å². The standard InChI is InChI=1S/C19H21N3O2/c1-19(2,3)13-5-7-14(8-6-13)21-18(23)24-15-9-10-17-16(11-15)20-12-22(17)4/h5-12H,1-4H3,(H,21,23). The first kappa shape index (κ1) is 16.1. The number of hydrogen-bond acceptors (Lipinski definition) is 3. The number of nitrogens with zero attached hydrogens (tertiary/aromatic N) is 2. The van der Waals surface area contributed by atoms with Crippen LogP contribution < -0.4 is 10.1 Å². The highest BCUT2D eigenvalue weighted by molar-refractivity contribution is 5.87. The van der Waals surface area contributed by atoms with Crippen molar-refractivity contribution in [2.24, 2.45) is 7.05 Å². The van der Waals surface area contributed by atoms with Crippen molar-refractivity contribution in [2.75, 3.05) is 5.32 Å². The van der Waals surface area contributed by atoms with E-state index in [1.807, 2.05) is 41.9 Å². The number of aromatic nitrogens is 2. The van der Waals surface area contributed by atoms with E-state index in [9.17, 15) is 4.79 Å². The maximum Gasteiger partial charge on any atom is 0.417 e. The van der Waals surface area contributed by atoms with Crippen molar-refractivity contribution in [1.82, 2.24) is 9.55 Å². The van der Waals surface area contributed by atoms with Gasteiger partial charge in [0.15, 0.2) is 0 Å². The number of fused-ring (bicyclic) bond motifs is 1. The summed E-state index contributed by atoms with van der Waals surface area (Å²) in [5.41, 5.74) is 3.77. The average molecular weight is 323 g/mol. The summed E-state index contributed by atoms with van der Waals surface area (Å²) in [6.45, 7) is 6.45. The third-order valence-electron chi connectivity index (χ3n) is 3.90. The van der Waals surface area contributed by atoms with Crippen molar-refractivity contribution in [3.63, 3.8) is 0 Å². The number of benzene rings is 2. The monoisotopic (exact) mass is 323 g/mol. The second-order valence-corrected chi connectivity index (χ2v) is 6.85. The van der Waals surface area contributed by atoms with E-state index < -0.39 is 6.09 Å². The van der Waals surface area contributed by atoms with Crippen LogP contribution in [0.15, 0.2) is 48.8 Å². The van der Waals surface area contributed by atoms with Gasteiger partial charge >= 0.3 is 6.09 Å². The molecular weight excluding hydrogens is 302 g/mol. The van der Waals surface area contributed by atoms with Gasteiger partial charge in [0, 0.05) is 18.8 Å². The van der Waals surface area contributed by atoms with Crippen LogP contribution in [0.5, 0.6) is 5.75 Å². The van der Waals surface area contributed by atoms with Gasteiger partial charge in [0.25, 0.3) is 0 Å². The molecule has 0 atom stereocenters. The second kappa shape index (κ2) is 6.00. The van der Waals surface area contributed by atoms with Crippen molar-refractivity contribution in [2.45, 2.75) is 26.2 Å². The number of carbonyl (C=O) groups is 1. The van der Waals surface area contributed by atoms with Crippen LogP contribution in [0.4, 0.5) is 10.5 Å². The fourth-order valence-electron chi connectivity index (χ4n) is 2.48. The van der Waals surface area contributed by atoms with E-state index in [2.05, 4.69) is 31.1 Å². The first-order valence-corrected chi connectivity index (χ1v) is 7.83. The summed E-state index contributed by atoms with van der Waals surface area (Å²) in [6.07, 6.45) is 1.21. The van der Waals surface area contributed by atoms with Crippen LogP contribution in [0.1, 0.15) is 26.3 Å². The first-order valence-electron chi connectivity index (χ1n) is 7.83. The molecular formula is C19H21N3O2. The summed E-state index contributed by atoms with van der Waals surface area (Å²) in [6, 6.07) is 13.2. The highest BCUT2D eigenvalue weighted by Crippen LogP contribution is 2.24. The summed E-state index contributed by atoms with van der Waals surface area (Å²) >= 11 is 0. The minimum Gasteiger partial charge on any atom is -0.410 e. The molecule has 0 aliphatic rings. The summed E-state index contributed by atoms with van der Waals surface area (Å²) in [5, 5.41) is 2.74. The van der Waals surface area contributed by atoms with Crippen LogP contribution in [-0.4, -0.2) is 15.6 Å². The SMILES string of the molecule is Cn1cnc2cc(OC(=O)Nc3ccc(C(C)(C)C)cc3)ccc21. The van der Waals surface area contributed by atoms with E-state index in [0.717, 1.165) is 11.0 Å². The van der Waals surface area contributed by atoms with Gasteiger partial charge in [-0.15, -0.1) is 0 Å². The van der Waals surface area contributed by atoms with E-state index >= 15 is 0 Å². The molecule has 1 N–H and O–H groups in total. The Kier molecular flexibility index (Phi) is 4.01. The molecule has 0 spiro atoms. The topological polar surface area (TPSA) is 56.2 Å². The molecule has 0 unspecified atom stereocenters. The average Bonchev–Trinajstić information content (AvgIpc) is 2.87. The molecule has 0 bridgehead atoms. The zero-order valence-electron chi connectivity index (χ0n) is 14.3. The Morgan fingerprint density at radius 2 is 1.83 bits per heavy atom. The minimum atomic E-state index is -0.520. The Bertz CT molecular complexity index is 874. The molecule has 5 nitrogen and oxygen atoms in total. The van der Waals surface area contributed by atoms with Crippen LogP contribution in [0.3, 0.4) is 0 Å². The number of hydrogen-bond donors (Lipinski definition) is 1. The number of amides is 1. The van der Waals surface area contributed by atoms with Crippen LogP contribution in [0, 0.1) is 0 Å². The number of ether oxygens (including phenoxy) is 1. The normalized spacial score (nSPS) is 11.5. The Morgan fingerprint density at radius 3 is 2.50 bits per heavy atom. The summed E-state index contributed by atoms with van der Waals surface area (Å²) in [5.74, 6) is 0.463. The lowest BCUT2D eigenvalue weighted by Gasteiger charge is -2.19. The summed E-state index contributed by atoms with van der Waals surface area (Å²) < 4.78 is 7.25. The van der Waals surface area contributed by atoms with E-state index in [1.54, 1.807) is 18.5 Å².